The molecular formula is C22H31N. The van der Waals surface area contributed by atoms with Crippen LogP contribution in [0.2, 0.25) is 0 Å². The van der Waals surface area contributed by atoms with Gasteiger partial charge < -0.3 is 5.32 Å². The third kappa shape index (κ3) is 5.84. The van der Waals surface area contributed by atoms with E-state index in [1.54, 1.807) is 0 Å². The SMILES string of the molecule is CCCCCCC(CC(NC)c1ccccc1)c1ccccc1. The molecule has 2 atom stereocenters. The molecule has 1 N–H and O–H groups in total. The van der Waals surface area contributed by atoms with Gasteiger partial charge in [0.25, 0.3) is 0 Å². The molecular weight excluding hydrogens is 278 g/mol. The lowest BCUT2D eigenvalue weighted by Crippen LogP contribution is -2.19. The number of rotatable bonds is 10. The molecule has 0 heterocycles. The van der Waals surface area contributed by atoms with E-state index >= 15 is 0 Å². The Bertz CT molecular complexity index is 520. The maximum atomic E-state index is 3.52. The van der Waals surface area contributed by atoms with Crippen molar-refractivity contribution in [1.29, 1.82) is 0 Å². The number of nitrogens with one attached hydrogen (secondary N) is 1. The van der Waals surface area contributed by atoms with Gasteiger partial charge in [-0.2, -0.15) is 0 Å². The van der Waals surface area contributed by atoms with Crippen molar-refractivity contribution in [2.75, 3.05) is 7.05 Å². The van der Waals surface area contributed by atoms with Crippen LogP contribution in [0.1, 0.15) is 68.5 Å². The molecule has 0 saturated heterocycles. The largest absolute Gasteiger partial charge is 0.313 e. The molecule has 0 aliphatic carbocycles. The van der Waals surface area contributed by atoms with E-state index in [4.69, 9.17) is 0 Å². The van der Waals surface area contributed by atoms with Crippen LogP contribution in [0.25, 0.3) is 0 Å². The number of hydrogen-bond donors (Lipinski definition) is 1. The van der Waals surface area contributed by atoms with Crippen molar-refractivity contribution < 1.29 is 0 Å². The van der Waals surface area contributed by atoms with Crippen LogP contribution in [0.3, 0.4) is 0 Å². The van der Waals surface area contributed by atoms with Gasteiger partial charge in [-0.15, -0.1) is 0 Å². The van der Waals surface area contributed by atoms with Crippen LogP contribution in [-0.2, 0) is 0 Å². The fourth-order valence-electron chi connectivity index (χ4n) is 3.35. The van der Waals surface area contributed by atoms with Crippen LogP contribution in [0, 0.1) is 0 Å². The van der Waals surface area contributed by atoms with Gasteiger partial charge in [-0.3, -0.25) is 0 Å². The molecule has 23 heavy (non-hydrogen) atoms. The summed E-state index contributed by atoms with van der Waals surface area (Å²) < 4.78 is 0. The second-order valence-corrected chi connectivity index (χ2v) is 6.44. The zero-order valence-electron chi connectivity index (χ0n) is 14.7. The van der Waals surface area contributed by atoms with E-state index in [0.29, 0.717) is 12.0 Å². The van der Waals surface area contributed by atoms with E-state index in [2.05, 4.69) is 80.0 Å². The van der Waals surface area contributed by atoms with Crippen LogP contribution in [0.4, 0.5) is 0 Å². The fraction of sp³-hybridized carbons (Fsp3) is 0.455. The molecule has 0 saturated carbocycles. The highest BCUT2D eigenvalue weighted by Crippen LogP contribution is 2.32. The van der Waals surface area contributed by atoms with Gasteiger partial charge in [-0.25, -0.2) is 0 Å². The highest BCUT2D eigenvalue weighted by molar-refractivity contribution is 5.23. The third-order valence-corrected chi connectivity index (χ3v) is 4.75. The van der Waals surface area contributed by atoms with Crippen molar-refractivity contribution in [3.05, 3.63) is 71.8 Å². The predicted octanol–water partition coefficient (Wildman–Crippen LogP) is 6.09. The topological polar surface area (TPSA) is 12.0 Å². The van der Waals surface area contributed by atoms with Gasteiger partial charge >= 0.3 is 0 Å². The molecule has 0 amide bonds. The molecule has 0 radical (unpaired) electrons. The van der Waals surface area contributed by atoms with Crippen molar-refractivity contribution in [2.24, 2.45) is 0 Å². The zero-order valence-corrected chi connectivity index (χ0v) is 14.7. The van der Waals surface area contributed by atoms with Gasteiger partial charge in [-0.05, 0) is 36.9 Å². The molecule has 0 aromatic heterocycles. The summed E-state index contributed by atoms with van der Waals surface area (Å²) >= 11 is 0. The Balaban J connectivity index is 2.06. The minimum Gasteiger partial charge on any atom is -0.313 e. The summed E-state index contributed by atoms with van der Waals surface area (Å²) in [6.45, 7) is 2.28. The van der Waals surface area contributed by atoms with E-state index in [9.17, 15) is 0 Å². The van der Waals surface area contributed by atoms with Gasteiger partial charge in [0.05, 0.1) is 0 Å². The number of benzene rings is 2. The monoisotopic (exact) mass is 309 g/mol. The molecule has 124 valence electrons. The van der Waals surface area contributed by atoms with Crippen molar-refractivity contribution in [2.45, 2.75) is 57.4 Å². The third-order valence-electron chi connectivity index (χ3n) is 4.75. The summed E-state index contributed by atoms with van der Waals surface area (Å²) in [5.41, 5.74) is 2.88. The second kappa shape index (κ2) is 10.2. The first-order valence-electron chi connectivity index (χ1n) is 9.12. The van der Waals surface area contributed by atoms with Crippen LogP contribution in [0.15, 0.2) is 60.7 Å². The lowest BCUT2D eigenvalue weighted by Gasteiger charge is -2.24. The van der Waals surface area contributed by atoms with Gasteiger partial charge in [0.2, 0.25) is 0 Å². The zero-order chi connectivity index (χ0) is 16.3. The first-order chi connectivity index (χ1) is 11.3. The van der Waals surface area contributed by atoms with E-state index in [0.717, 1.165) is 6.42 Å². The first kappa shape index (κ1) is 17.7. The van der Waals surface area contributed by atoms with Crippen molar-refractivity contribution in [1.82, 2.24) is 5.32 Å². The molecule has 0 spiro atoms. The smallest absolute Gasteiger partial charge is 0.0323 e. The van der Waals surface area contributed by atoms with Crippen molar-refractivity contribution >= 4 is 0 Å². The van der Waals surface area contributed by atoms with Crippen LogP contribution < -0.4 is 5.32 Å². The molecule has 2 aromatic carbocycles. The van der Waals surface area contributed by atoms with Crippen molar-refractivity contribution in [3.63, 3.8) is 0 Å². The van der Waals surface area contributed by atoms with Crippen molar-refractivity contribution in [3.8, 4) is 0 Å². The molecule has 0 aliphatic rings. The first-order valence-corrected chi connectivity index (χ1v) is 9.12. The Hall–Kier alpha value is -1.60. The summed E-state index contributed by atoms with van der Waals surface area (Å²) in [6, 6.07) is 22.3. The minimum atomic E-state index is 0.424. The van der Waals surface area contributed by atoms with E-state index in [1.165, 1.54) is 43.2 Å². The van der Waals surface area contributed by atoms with Gasteiger partial charge in [0.15, 0.2) is 0 Å². The molecule has 1 heteroatoms. The lowest BCUT2D eigenvalue weighted by molar-refractivity contribution is 0.447. The summed E-state index contributed by atoms with van der Waals surface area (Å²) in [7, 11) is 2.08. The highest BCUT2D eigenvalue weighted by atomic mass is 14.9. The summed E-state index contributed by atoms with van der Waals surface area (Å²) in [4.78, 5) is 0. The van der Waals surface area contributed by atoms with E-state index in [-0.39, 0.29) is 0 Å². The molecule has 1 nitrogen and oxygen atoms in total. The normalized spacial score (nSPS) is 13.7. The second-order valence-electron chi connectivity index (χ2n) is 6.44. The average molecular weight is 309 g/mol. The maximum Gasteiger partial charge on any atom is 0.0323 e. The Kier molecular flexibility index (Phi) is 7.89. The highest BCUT2D eigenvalue weighted by Gasteiger charge is 2.18. The van der Waals surface area contributed by atoms with Crippen LogP contribution >= 0.6 is 0 Å². The van der Waals surface area contributed by atoms with E-state index < -0.39 is 0 Å². The number of unbranched alkanes of at least 4 members (excludes halogenated alkanes) is 3. The fourth-order valence-corrected chi connectivity index (χ4v) is 3.35. The lowest BCUT2D eigenvalue weighted by atomic mass is 9.85. The molecule has 2 unspecified atom stereocenters. The molecule has 0 aliphatic heterocycles. The maximum absolute atomic E-state index is 3.52. The van der Waals surface area contributed by atoms with Crippen LogP contribution in [-0.4, -0.2) is 7.05 Å². The number of hydrogen-bond acceptors (Lipinski definition) is 1. The van der Waals surface area contributed by atoms with E-state index in [1.807, 2.05) is 0 Å². The quantitative estimate of drug-likeness (QED) is 0.523. The minimum absolute atomic E-state index is 0.424. The summed E-state index contributed by atoms with van der Waals surface area (Å²) in [5.74, 6) is 0.630. The summed E-state index contributed by atoms with van der Waals surface area (Å²) in [5, 5.41) is 3.52. The Labute approximate surface area is 142 Å². The molecule has 0 fully saturated rings. The molecule has 2 rings (SSSR count). The standard InChI is InChI=1S/C22H31N/c1-3-4-5-8-17-21(19-13-9-6-10-14-19)18-22(23-2)20-15-11-7-12-16-20/h6-7,9-16,21-23H,3-5,8,17-18H2,1-2H3. The Morgan fingerprint density at radius 3 is 1.96 bits per heavy atom. The van der Waals surface area contributed by atoms with Gasteiger partial charge in [0, 0.05) is 6.04 Å². The Morgan fingerprint density at radius 2 is 1.39 bits per heavy atom. The van der Waals surface area contributed by atoms with Crippen LogP contribution in [0.5, 0.6) is 0 Å². The average Bonchev–Trinajstić information content (AvgIpc) is 2.63. The van der Waals surface area contributed by atoms with Gasteiger partial charge in [0.1, 0.15) is 0 Å². The predicted molar refractivity (Wildman–Crippen MR) is 101 cm³/mol. The Morgan fingerprint density at radius 1 is 0.783 bits per heavy atom. The summed E-state index contributed by atoms with van der Waals surface area (Å²) in [6.07, 6.45) is 7.80. The molecule has 0 bridgehead atoms. The van der Waals surface area contributed by atoms with Gasteiger partial charge in [-0.1, -0.05) is 93.3 Å². The molecule has 2 aromatic rings.